The molecule has 0 spiro atoms. The predicted octanol–water partition coefficient (Wildman–Crippen LogP) is 2.33. The monoisotopic (exact) mass is 316 g/mol. The normalized spacial score (nSPS) is 17.0. The number of rotatable bonds is 3. The van der Waals surface area contributed by atoms with Crippen molar-refractivity contribution >= 4 is 22.6 Å². The van der Waals surface area contributed by atoms with Gasteiger partial charge in [0, 0.05) is 37.8 Å². The molecule has 6 nitrogen and oxygen atoms in total. The van der Waals surface area contributed by atoms with Crippen molar-refractivity contribution in [2.24, 2.45) is 0 Å². The van der Waals surface area contributed by atoms with Crippen molar-refractivity contribution in [3.05, 3.63) is 28.7 Å². The van der Waals surface area contributed by atoms with Crippen LogP contribution in [0.1, 0.15) is 39.7 Å². The van der Waals surface area contributed by atoms with E-state index in [9.17, 15) is 9.59 Å². The van der Waals surface area contributed by atoms with Gasteiger partial charge in [0.25, 0.3) is 0 Å². The first-order valence-electron chi connectivity index (χ1n) is 8.21. The minimum absolute atomic E-state index is 0.0667. The molecule has 1 saturated heterocycles. The van der Waals surface area contributed by atoms with E-state index in [1.54, 1.807) is 0 Å². The molecule has 0 unspecified atom stereocenters. The third kappa shape index (κ3) is 3.17. The maximum Gasteiger partial charge on any atom is 0.326 e. The van der Waals surface area contributed by atoms with Crippen molar-refractivity contribution in [2.75, 3.05) is 18.4 Å². The van der Waals surface area contributed by atoms with Crippen LogP contribution in [0.4, 0.5) is 5.69 Å². The Labute approximate surface area is 135 Å². The molecule has 1 aliphatic rings. The van der Waals surface area contributed by atoms with E-state index in [-0.39, 0.29) is 17.6 Å². The van der Waals surface area contributed by atoms with Gasteiger partial charge in [-0.15, -0.1) is 0 Å². The van der Waals surface area contributed by atoms with Gasteiger partial charge in [-0.3, -0.25) is 9.36 Å². The van der Waals surface area contributed by atoms with Crippen LogP contribution in [0.2, 0.25) is 0 Å². The number of carbonyl (C=O) groups excluding carboxylic acids is 1. The van der Waals surface area contributed by atoms with Crippen LogP contribution in [0.25, 0.3) is 11.0 Å². The molecule has 1 aromatic heterocycles. The molecule has 1 aliphatic heterocycles. The summed E-state index contributed by atoms with van der Waals surface area (Å²) < 4.78 is 1.88. The molecule has 124 valence electrons. The number of anilines is 1. The first-order chi connectivity index (χ1) is 11.0. The molecule has 1 fully saturated rings. The number of imidazole rings is 1. The Morgan fingerprint density at radius 1 is 1.30 bits per heavy atom. The fourth-order valence-electron chi connectivity index (χ4n) is 3.44. The Hall–Kier alpha value is -2.08. The summed E-state index contributed by atoms with van der Waals surface area (Å²) in [5.41, 5.74) is 2.32. The Morgan fingerprint density at radius 3 is 2.61 bits per heavy atom. The van der Waals surface area contributed by atoms with Crippen molar-refractivity contribution in [1.29, 1.82) is 0 Å². The zero-order valence-corrected chi connectivity index (χ0v) is 13.9. The second kappa shape index (κ2) is 6.20. The first-order valence-corrected chi connectivity index (χ1v) is 8.21. The smallest absolute Gasteiger partial charge is 0.326 e. The van der Waals surface area contributed by atoms with Gasteiger partial charge in [0.1, 0.15) is 0 Å². The Morgan fingerprint density at radius 2 is 2.00 bits per heavy atom. The maximum absolute atomic E-state index is 12.4. The van der Waals surface area contributed by atoms with Crippen LogP contribution < -0.4 is 11.0 Å². The zero-order chi connectivity index (χ0) is 16.6. The maximum atomic E-state index is 12.4. The van der Waals surface area contributed by atoms with Gasteiger partial charge in [0.05, 0.1) is 11.0 Å². The lowest BCUT2D eigenvalue weighted by Gasteiger charge is -2.35. The number of piperidine rings is 1. The van der Waals surface area contributed by atoms with Crippen LogP contribution in [0.5, 0.6) is 0 Å². The number of benzene rings is 1. The van der Waals surface area contributed by atoms with Crippen molar-refractivity contribution in [3.8, 4) is 0 Å². The van der Waals surface area contributed by atoms with Crippen LogP contribution in [0.3, 0.4) is 0 Å². The first kappa shape index (κ1) is 15.8. The topological polar surface area (TPSA) is 70.1 Å². The van der Waals surface area contributed by atoms with Crippen LogP contribution in [-0.4, -0.2) is 39.5 Å². The molecule has 2 N–H and O–H groups in total. The second-order valence-corrected chi connectivity index (χ2v) is 6.57. The number of likely N-dealkylation sites (tertiary alicyclic amines) is 1. The molecule has 1 aromatic carbocycles. The molecule has 23 heavy (non-hydrogen) atoms. The molecule has 3 rings (SSSR count). The highest BCUT2D eigenvalue weighted by Crippen LogP contribution is 2.26. The molecule has 0 atom stereocenters. The minimum atomic E-state index is -0.118. The molecular weight excluding hydrogens is 292 g/mol. The quantitative estimate of drug-likeness (QED) is 0.913. The minimum Gasteiger partial charge on any atom is -0.326 e. The summed E-state index contributed by atoms with van der Waals surface area (Å²) >= 11 is 0. The van der Waals surface area contributed by atoms with Gasteiger partial charge in [-0.05, 0) is 44.9 Å². The van der Waals surface area contributed by atoms with Crippen LogP contribution >= 0.6 is 0 Å². The molecule has 1 amide bonds. The van der Waals surface area contributed by atoms with Crippen LogP contribution in [0, 0.1) is 0 Å². The number of aromatic nitrogens is 2. The van der Waals surface area contributed by atoms with Gasteiger partial charge in [-0.2, -0.15) is 0 Å². The Kier molecular flexibility index (Phi) is 4.26. The Bertz CT molecular complexity index is 766. The molecule has 2 heterocycles. The second-order valence-electron chi connectivity index (χ2n) is 6.57. The summed E-state index contributed by atoms with van der Waals surface area (Å²) in [7, 11) is 0. The standard InChI is InChI=1S/C17H24N4O2/c1-11(2)20-8-6-14(7-9-20)21-16-5-4-13(18-12(3)22)10-15(16)19-17(21)23/h4-5,10-11,14H,6-9H2,1-3H3,(H,18,22)(H,19,23). The number of hydrogen-bond donors (Lipinski definition) is 2. The lowest BCUT2D eigenvalue weighted by Crippen LogP contribution is -2.40. The van der Waals surface area contributed by atoms with Gasteiger partial charge >= 0.3 is 5.69 Å². The summed E-state index contributed by atoms with van der Waals surface area (Å²) in [6, 6.07) is 6.36. The highest BCUT2D eigenvalue weighted by molar-refractivity contribution is 5.91. The summed E-state index contributed by atoms with van der Waals surface area (Å²) in [6.45, 7) is 7.93. The van der Waals surface area contributed by atoms with E-state index in [4.69, 9.17) is 0 Å². The van der Waals surface area contributed by atoms with Crippen LogP contribution in [-0.2, 0) is 4.79 Å². The number of nitrogens with one attached hydrogen (secondary N) is 2. The van der Waals surface area contributed by atoms with E-state index in [1.165, 1.54) is 6.92 Å². The van der Waals surface area contributed by atoms with E-state index in [0.29, 0.717) is 11.7 Å². The van der Waals surface area contributed by atoms with Crippen molar-refractivity contribution < 1.29 is 4.79 Å². The van der Waals surface area contributed by atoms with Crippen LogP contribution in [0.15, 0.2) is 23.0 Å². The highest BCUT2D eigenvalue weighted by atomic mass is 16.1. The molecule has 6 heteroatoms. The fourth-order valence-corrected chi connectivity index (χ4v) is 3.44. The largest absolute Gasteiger partial charge is 0.326 e. The molecule has 2 aromatic rings. The van der Waals surface area contributed by atoms with E-state index >= 15 is 0 Å². The highest BCUT2D eigenvalue weighted by Gasteiger charge is 2.24. The number of fused-ring (bicyclic) bond motifs is 1. The molecule has 0 bridgehead atoms. The average molecular weight is 316 g/mol. The Balaban J connectivity index is 1.88. The van der Waals surface area contributed by atoms with Gasteiger partial charge < -0.3 is 15.2 Å². The van der Waals surface area contributed by atoms with Crippen molar-refractivity contribution in [3.63, 3.8) is 0 Å². The average Bonchev–Trinajstić information content (AvgIpc) is 2.81. The third-order valence-corrected chi connectivity index (χ3v) is 4.63. The van der Waals surface area contributed by atoms with E-state index < -0.39 is 0 Å². The van der Waals surface area contributed by atoms with Gasteiger partial charge in [0.15, 0.2) is 0 Å². The van der Waals surface area contributed by atoms with Gasteiger partial charge in [-0.1, -0.05) is 0 Å². The number of carbonyl (C=O) groups is 1. The number of amides is 1. The van der Waals surface area contributed by atoms with E-state index in [0.717, 1.165) is 37.0 Å². The van der Waals surface area contributed by atoms with E-state index in [2.05, 4.69) is 29.0 Å². The number of nitrogens with zero attached hydrogens (tertiary/aromatic N) is 2. The number of aromatic amines is 1. The fraction of sp³-hybridized carbons (Fsp3) is 0.529. The summed E-state index contributed by atoms with van der Waals surface area (Å²) in [4.78, 5) is 28.9. The summed E-state index contributed by atoms with van der Waals surface area (Å²) in [5, 5.41) is 2.75. The SMILES string of the molecule is CC(=O)Nc1ccc2c(c1)[nH]c(=O)n2C1CCN(C(C)C)CC1. The lowest BCUT2D eigenvalue weighted by atomic mass is 10.0. The summed E-state index contributed by atoms with van der Waals surface area (Å²) in [5.74, 6) is -0.118. The lowest BCUT2D eigenvalue weighted by molar-refractivity contribution is -0.114. The molecule has 0 radical (unpaired) electrons. The van der Waals surface area contributed by atoms with Gasteiger partial charge in [0.2, 0.25) is 5.91 Å². The zero-order valence-electron chi connectivity index (χ0n) is 13.9. The molecule has 0 saturated carbocycles. The number of hydrogen-bond acceptors (Lipinski definition) is 3. The van der Waals surface area contributed by atoms with Gasteiger partial charge in [-0.25, -0.2) is 4.79 Å². The van der Waals surface area contributed by atoms with Crippen molar-refractivity contribution in [2.45, 2.75) is 45.7 Å². The summed E-state index contributed by atoms with van der Waals surface area (Å²) in [6.07, 6.45) is 1.97. The number of H-pyrrole nitrogens is 1. The molecule has 0 aliphatic carbocycles. The van der Waals surface area contributed by atoms with E-state index in [1.807, 2.05) is 22.8 Å². The third-order valence-electron chi connectivity index (χ3n) is 4.63. The van der Waals surface area contributed by atoms with Crippen molar-refractivity contribution in [1.82, 2.24) is 14.5 Å². The molecular formula is C17H24N4O2. The predicted molar refractivity (Wildman–Crippen MR) is 91.8 cm³/mol.